The average Bonchev–Trinajstić information content (AvgIpc) is 3.37. The molecule has 35 heavy (non-hydrogen) atoms. The Hall–Kier alpha value is -2.70. The van der Waals surface area contributed by atoms with E-state index in [1.165, 1.54) is 36.8 Å². The van der Waals surface area contributed by atoms with Gasteiger partial charge in [0.2, 0.25) is 0 Å². The number of nitrogens with two attached hydrogens (primary N) is 1. The van der Waals surface area contributed by atoms with Crippen molar-refractivity contribution in [1.82, 2.24) is 19.7 Å². The summed E-state index contributed by atoms with van der Waals surface area (Å²) < 4.78 is 8.36. The molecule has 2 aromatic carbocycles. The first-order chi connectivity index (χ1) is 17.0. The van der Waals surface area contributed by atoms with Gasteiger partial charge in [-0.15, -0.1) is 10.2 Å². The van der Waals surface area contributed by atoms with E-state index in [0.29, 0.717) is 30.7 Å². The fourth-order valence-corrected chi connectivity index (χ4v) is 6.06. The lowest BCUT2D eigenvalue weighted by Gasteiger charge is -2.40. The third kappa shape index (κ3) is 5.29. The minimum Gasteiger partial charge on any atom is -0.489 e. The van der Waals surface area contributed by atoms with Gasteiger partial charge in [0.05, 0.1) is 0 Å². The summed E-state index contributed by atoms with van der Waals surface area (Å²) in [5.74, 6) is 3.48. The fraction of sp³-hybridized carbons (Fsp3) is 0.517. The molecule has 2 N–H and O–H groups in total. The van der Waals surface area contributed by atoms with Crippen LogP contribution in [0.3, 0.4) is 0 Å². The first-order valence-corrected chi connectivity index (χ1v) is 13.2. The molecule has 3 atom stereocenters. The van der Waals surface area contributed by atoms with Crippen molar-refractivity contribution in [3.8, 4) is 5.75 Å². The zero-order chi connectivity index (χ0) is 24.4. The Bertz CT molecular complexity index is 1080. The van der Waals surface area contributed by atoms with E-state index in [1.54, 1.807) is 0 Å². The van der Waals surface area contributed by atoms with Gasteiger partial charge in [0.25, 0.3) is 0 Å². The standard InChI is InChI=1S/C29H39N5O/c1-20(2)29-32-31-21(3)34(29)26-17-24-11-12-25(18-26)33(24)16-15-28(30)23-9-13-27(14-10-23)35-19-22-7-5-4-6-8-22/h4-10,13-14,20,24-26,28H,11-12,15-19,30H2,1-3H3/t24-,25-,28+/m1/s1. The number of aromatic nitrogens is 3. The van der Waals surface area contributed by atoms with Crippen LogP contribution >= 0.6 is 0 Å². The number of fused-ring (bicyclic) bond motifs is 2. The molecule has 0 spiro atoms. The Labute approximate surface area is 209 Å². The lowest BCUT2D eigenvalue weighted by Crippen LogP contribution is -2.44. The maximum Gasteiger partial charge on any atom is 0.135 e. The second-order valence-electron chi connectivity index (χ2n) is 10.6. The lowest BCUT2D eigenvalue weighted by molar-refractivity contribution is 0.101. The molecule has 6 nitrogen and oxygen atoms in total. The summed E-state index contributed by atoms with van der Waals surface area (Å²) in [5.41, 5.74) is 8.98. The number of ether oxygens (including phenoxy) is 1. The molecule has 3 heterocycles. The van der Waals surface area contributed by atoms with E-state index >= 15 is 0 Å². The molecule has 2 bridgehead atoms. The largest absolute Gasteiger partial charge is 0.489 e. The molecule has 2 fully saturated rings. The zero-order valence-electron chi connectivity index (χ0n) is 21.3. The van der Waals surface area contributed by atoms with Gasteiger partial charge in [0.15, 0.2) is 0 Å². The van der Waals surface area contributed by atoms with Gasteiger partial charge in [-0.2, -0.15) is 0 Å². The normalized spacial score (nSPS) is 23.1. The molecule has 186 valence electrons. The minimum atomic E-state index is 0.0444. The maximum atomic E-state index is 6.63. The van der Waals surface area contributed by atoms with Crippen molar-refractivity contribution in [2.45, 2.75) is 89.6 Å². The number of benzene rings is 2. The van der Waals surface area contributed by atoms with E-state index in [-0.39, 0.29) is 6.04 Å². The first kappa shape index (κ1) is 24.0. The van der Waals surface area contributed by atoms with Crippen LogP contribution in [0.4, 0.5) is 0 Å². The number of rotatable bonds is 9. The molecule has 1 aromatic heterocycles. The quantitative estimate of drug-likeness (QED) is 0.441. The summed E-state index contributed by atoms with van der Waals surface area (Å²) in [6, 6.07) is 20.4. The van der Waals surface area contributed by atoms with Gasteiger partial charge in [-0.05, 0) is 62.3 Å². The van der Waals surface area contributed by atoms with Crippen molar-refractivity contribution < 1.29 is 4.74 Å². The van der Waals surface area contributed by atoms with Crippen LogP contribution in [0.5, 0.6) is 5.75 Å². The van der Waals surface area contributed by atoms with E-state index < -0.39 is 0 Å². The maximum absolute atomic E-state index is 6.63. The highest BCUT2D eigenvalue weighted by Gasteiger charge is 2.42. The topological polar surface area (TPSA) is 69.2 Å². The van der Waals surface area contributed by atoms with Crippen LogP contribution in [0.15, 0.2) is 54.6 Å². The Kier molecular flexibility index (Phi) is 7.21. The number of aryl methyl sites for hydroxylation is 1. The molecular weight excluding hydrogens is 434 g/mol. The molecule has 0 radical (unpaired) electrons. The van der Waals surface area contributed by atoms with Gasteiger partial charge >= 0.3 is 0 Å². The fourth-order valence-electron chi connectivity index (χ4n) is 6.06. The molecule has 2 saturated heterocycles. The number of hydrogen-bond donors (Lipinski definition) is 1. The summed E-state index contributed by atoms with van der Waals surface area (Å²) >= 11 is 0. The highest BCUT2D eigenvalue weighted by atomic mass is 16.5. The predicted octanol–water partition coefficient (Wildman–Crippen LogP) is 5.55. The van der Waals surface area contributed by atoms with Crippen LogP contribution in [-0.4, -0.2) is 38.3 Å². The van der Waals surface area contributed by atoms with Crippen LogP contribution in [-0.2, 0) is 6.61 Å². The molecule has 2 aliphatic rings. The van der Waals surface area contributed by atoms with Gasteiger partial charge in [-0.1, -0.05) is 56.3 Å². The lowest BCUT2D eigenvalue weighted by atomic mass is 9.95. The second kappa shape index (κ2) is 10.5. The molecule has 0 amide bonds. The zero-order valence-corrected chi connectivity index (χ0v) is 21.3. The summed E-state index contributed by atoms with van der Waals surface area (Å²) in [7, 11) is 0. The SMILES string of the molecule is Cc1nnc(C(C)C)n1C1C[C@H]2CC[C@H](C1)N2CC[C@H](N)c1ccc(OCc2ccccc2)cc1. The third-order valence-electron chi connectivity index (χ3n) is 7.89. The van der Waals surface area contributed by atoms with E-state index in [0.717, 1.165) is 30.4 Å². The summed E-state index contributed by atoms with van der Waals surface area (Å²) in [4.78, 5) is 2.74. The Morgan fingerprint density at radius 3 is 2.29 bits per heavy atom. The van der Waals surface area contributed by atoms with Crippen LogP contribution in [0.25, 0.3) is 0 Å². The summed E-state index contributed by atoms with van der Waals surface area (Å²) in [6.07, 6.45) is 5.95. The highest BCUT2D eigenvalue weighted by Crippen LogP contribution is 2.42. The van der Waals surface area contributed by atoms with Crippen LogP contribution in [0.2, 0.25) is 0 Å². The van der Waals surface area contributed by atoms with Crippen molar-refractivity contribution in [1.29, 1.82) is 0 Å². The Morgan fingerprint density at radius 2 is 1.63 bits per heavy atom. The van der Waals surface area contributed by atoms with Crippen LogP contribution in [0.1, 0.15) is 86.7 Å². The van der Waals surface area contributed by atoms with Gasteiger partial charge in [0.1, 0.15) is 24.0 Å². The minimum absolute atomic E-state index is 0.0444. The summed E-state index contributed by atoms with van der Waals surface area (Å²) in [5, 5.41) is 8.88. The van der Waals surface area contributed by atoms with Crippen molar-refractivity contribution in [2.24, 2.45) is 5.73 Å². The molecular formula is C29H39N5O. The smallest absolute Gasteiger partial charge is 0.135 e. The highest BCUT2D eigenvalue weighted by molar-refractivity contribution is 5.29. The van der Waals surface area contributed by atoms with Crippen LogP contribution < -0.4 is 10.5 Å². The van der Waals surface area contributed by atoms with Crippen molar-refractivity contribution in [2.75, 3.05) is 6.54 Å². The van der Waals surface area contributed by atoms with Crippen LogP contribution in [0, 0.1) is 6.92 Å². The molecule has 0 unspecified atom stereocenters. The molecule has 3 aromatic rings. The third-order valence-corrected chi connectivity index (χ3v) is 7.89. The van der Waals surface area contributed by atoms with E-state index in [2.05, 4.69) is 64.7 Å². The second-order valence-corrected chi connectivity index (χ2v) is 10.6. The molecule has 6 heteroatoms. The van der Waals surface area contributed by atoms with Crippen molar-refractivity contribution in [3.05, 3.63) is 77.4 Å². The molecule has 0 saturated carbocycles. The van der Waals surface area contributed by atoms with Gasteiger partial charge < -0.3 is 15.0 Å². The van der Waals surface area contributed by atoms with Crippen molar-refractivity contribution in [3.63, 3.8) is 0 Å². The molecule has 0 aliphatic carbocycles. The van der Waals surface area contributed by atoms with Gasteiger partial charge in [0, 0.05) is 36.6 Å². The van der Waals surface area contributed by atoms with E-state index in [4.69, 9.17) is 10.5 Å². The Balaban J connectivity index is 1.15. The van der Waals surface area contributed by atoms with Gasteiger partial charge in [-0.3, -0.25) is 4.90 Å². The molecule has 5 rings (SSSR count). The Morgan fingerprint density at radius 1 is 0.943 bits per heavy atom. The van der Waals surface area contributed by atoms with Gasteiger partial charge in [-0.25, -0.2) is 0 Å². The van der Waals surface area contributed by atoms with E-state index in [1.807, 2.05) is 30.3 Å². The number of piperidine rings is 1. The van der Waals surface area contributed by atoms with Crippen molar-refractivity contribution >= 4 is 0 Å². The predicted molar refractivity (Wildman–Crippen MR) is 139 cm³/mol. The monoisotopic (exact) mass is 473 g/mol. The first-order valence-electron chi connectivity index (χ1n) is 13.2. The number of nitrogens with zero attached hydrogens (tertiary/aromatic N) is 4. The molecule has 2 aliphatic heterocycles. The average molecular weight is 474 g/mol. The van der Waals surface area contributed by atoms with E-state index in [9.17, 15) is 0 Å². The summed E-state index contributed by atoms with van der Waals surface area (Å²) in [6.45, 7) is 8.18. The number of hydrogen-bond acceptors (Lipinski definition) is 5.